The number of hydrogen-bond donors (Lipinski definition) is 2. The van der Waals surface area contributed by atoms with E-state index in [9.17, 15) is 5.21 Å². The van der Waals surface area contributed by atoms with E-state index < -0.39 is 0 Å². The number of hydrogen-bond acceptors (Lipinski definition) is 3. The Labute approximate surface area is 91.3 Å². The Bertz CT molecular complexity index is 188. The minimum Gasteiger partial charge on any atom is -0.628 e. The van der Waals surface area contributed by atoms with Crippen molar-refractivity contribution in [2.24, 2.45) is 10.7 Å². The molecule has 0 aliphatic carbocycles. The first-order valence-corrected chi connectivity index (χ1v) is 5.80. The number of rotatable bonds is 3. The van der Waals surface area contributed by atoms with Crippen LogP contribution in [0.1, 0.15) is 32.1 Å². The standard InChI is InChI=1S/C10H22N4O/c11-10(13-15)12-6-9-14-7-4-2-1-3-5-8-14/h1-9,13H2,(H2,11,12). The topological polar surface area (TPSA) is 81.3 Å². The third-order valence-electron chi connectivity index (χ3n) is 2.78. The highest BCUT2D eigenvalue weighted by atomic mass is 16.5. The van der Waals surface area contributed by atoms with Crippen molar-refractivity contribution in [1.82, 2.24) is 4.90 Å². The van der Waals surface area contributed by atoms with E-state index in [1.54, 1.807) is 0 Å². The first-order chi connectivity index (χ1) is 7.33. The molecule has 1 saturated heterocycles. The van der Waals surface area contributed by atoms with Gasteiger partial charge in [0.15, 0.2) is 0 Å². The molecule has 0 unspecified atom stereocenters. The van der Waals surface area contributed by atoms with E-state index in [0.717, 1.165) is 19.6 Å². The van der Waals surface area contributed by atoms with Crippen LogP contribution in [0, 0.1) is 5.21 Å². The summed E-state index contributed by atoms with van der Waals surface area (Å²) in [6, 6.07) is 0. The van der Waals surface area contributed by atoms with E-state index in [1.165, 1.54) is 32.1 Å². The number of guanidine groups is 1. The number of quaternary nitrogens is 1. The second kappa shape index (κ2) is 7.62. The zero-order chi connectivity index (χ0) is 10.9. The zero-order valence-electron chi connectivity index (χ0n) is 9.32. The molecule has 0 radical (unpaired) electrons. The van der Waals surface area contributed by atoms with Crippen LogP contribution in [0.4, 0.5) is 0 Å². The van der Waals surface area contributed by atoms with Gasteiger partial charge in [-0.15, -0.1) is 0 Å². The lowest BCUT2D eigenvalue weighted by molar-refractivity contribution is -0.464. The van der Waals surface area contributed by atoms with Crippen molar-refractivity contribution in [2.75, 3.05) is 26.2 Å². The molecule has 5 nitrogen and oxygen atoms in total. The molecule has 0 spiro atoms. The van der Waals surface area contributed by atoms with Crippen LogP contribution in [-0.2, 0) is 0 Å². The van der Waals surface area contributed by atoms with Crippen molar-refractivity contribution in [3.05, 3.63) is 5.21 Å². The van der Waals surface area contributed by atoms with Crippen molar-refractivity contribution >= 4 is 5.96 Å². The SMILES string of the molecule is NC(=NCCN1CCCCCCC1)[NH2+][O-]. The first-order valence-electron chi connectivity index (χ1n) is 5.80. The van der Waals surface area contributed by atoms with E-state index in [2.05, 4.69) is 9.89 Å². The average molecular weight is 214 g/mol. The predicted molar refractivity (Wildman–Crippen MR) is 61.3 cm³/mol. The van der Waals surface area contributed by atoms with Gasteiger partial charge >= 0.3 is 0 Å². The van der Waals surface area contributed by atoms with Gasteiger partial charge in [-0.05, 0) is 25.9 Å². The molecule has 1 rings (SSSR count). The Hall–Kier alpha value is -0.650. The largest absolute Gasteiger partial charge is 0.628 e. The Morgan fingerprint density at radius 1 is 1.20 bits per heavy atom. The molecule has 88 valence electrons. The van der Waals surface area contributed by atoms with Gasteiger partial charge in [-0.25, -0.2) is 4.99 Å². The van der Waals surface area contributed by atoms with Crippen LogP contribution in [0.25, 0.3) is 0 Å². The van der Waals surface area contributed by atoms with E-state index in [4.69, 9.17) is 5.73 Å². The normalized spacial score (nSPS) is 21.0. The summed E-state index contributed by atoms with van der Waals surface area (Å²) in [5.41, 5.74) is 5.91. The molecular formula is C10H22N4O. The summed E-state index contributed by atoms with van der Waals surface area (Å²) in [5, 5.41) is 10.2. The van der Waals surface area contributed by atoms with Crippen LogP contribution in [0.2, 0.25) is 0 Å². The van der Waals surface area contributed by atoms with Crippen LogP contribution >= 0.6 is 0 Å². The van der Waals surface area contributed by atoms with Gasteiger partial charge in [0.2, 0.25) is 0 Å². The van der Waals surface area contributed by atoms with Gasteiger partial charge in [-0.1, -0.05) is 19.3 Å². The monoisotopic (exact) mass is 214 g/mol. The van der Waals surface area contributed by atoms with E-state index in [-0.39, 0.29) is 5.96 Å². The predicted octanol–water partition coefficient (Wildman–Crippen LogP) is -0.372. The van der Waals surface area contributed by atoms with Crippen molar-refractivity contribution in [3.63, 3.8) is 0 Å². The van der Waals surface area contributed by atoms with Gasteiger partial charge in [-0.2, -0.15) is 0 Å². The van der Waals surface area contributed by atoms with Gasteiger partial charge in [0, 0.05) is 6.54 Å². The van der Waals surface area contributed by atoms with Crippen molar-refractivity contribution in [2.45, 2.75) is 32.1 Å². The number of likely N-dealkylation sites (tertiary alicyclic amines) is 1. The maximum absolute atomic E-state index is 10.2. The number of nitrogens with two attached hydrogens (primary N) is 2. The molecule has 1 fully saturated rings. The van der Waals surface area contributed by atoms with Gasteiger partial charge in [0.05, 0.1) is 6.54 Å². The molecule has 5 heteroatoms. The second-order valence-corrected chi connectivity index (χ2v) is 4.03. The molecule has 15 heavy (non-hydrogen) atoms. The minimum absolute atomic E-state index is 0.113. The van der Waals surface area contributed by atoms with Gasteiger partial charge in [0.1, 0.15) is 0 Å². The molecule has 1 aliphatic rings. The summed E-state index contributed by atoms with van der Waals surface area (Å²) >= 11 is 0. The van der Waals surface area contributed by atoms with Crippen LogP contribution in [0.15, 0.2) is 4.99 Å². The fraction of sp³-hybridized carbons (Fsp3) is 0.900. The lowest BCUT2D eigenvalue weighted by Crippen LogP contribution is -2.84. The van der Waals surface area contributed by atoms with Crippen LogP contribution < -0.4 is 11.2 Å². The van der Waals surface area contributed by atoms with Gasteiger partial charge < -0.3 is 21.3 Å². The summed E-state index contributed by atoms with van der Waals surface area (Å²) in [6.07, 6.45) is 6.64. The Balaban J connectivity index is 2.17. The van der Waals surface area contributed by atoms with Gasteiger partial charge in [-0.3, -0.25) is 0 Å². The Kier molecular flexibility index (Phi) is 6.31. The molecule has 1 aliphatic heterocycles. The highest BCUT2D eigenvalue weighted by Gasteiger charge is 2.06. The fourth-order valence-electron chi connectivity index (χ4n) is 1.89. The summed E-state index contributed by atoms with van der Waals surface area (Å²) in [7, 11) is 0. The van der Waals surface area contributed by atoms with E-state index >= 15 is 0 Å². The maximum atomic E-state index is 10.2. The molecule has 4 N–H and O–H groups in total. The maximum Gasteiger partial charge on any atom is 0.291 e. The van der Waals surface area contributed by atoms with E-state index in [0.29, 0.717) is 12.0 Å². The Morgan fingerprint density at radius 2 is 1.80 bits per heavy atom. The van der Waals surface area contributed by atoms with Crippen molar-refractivity contribution in [3.8, 4) is 0 Å². The highest BCUT2D eigenvalue weighted by Crippen LogP contribution is 2.09. The molecule has 0 aromatic carbocycles. The zero-order valence-corrected chi connectivity index (χ0v) is 9.32. The fourth-order valence-corrected chi connectivity index (χ4v) is 1.89. The molecular weight excluding hydrogens is 192 g/mol. The quantitative estimate of drug-likeness (QED) is 0.382. The molecule has 0 aromatic heterocycles. The lowest BCUT2D eigenvalue weighted by Gasteiger charge is -2.23. The first kappa shape index (κ1) is 12.4. The lowest BCUT2D eigenvalue weighted by atomic mass is 10.1. The number of nitrogens with zero attached hydrogens (tertiary/aromatic N) is 2. The molecule has 0 aromatic rings. The van der Waals surface area contributed by atoms with Crippen molar-refractivity contribution in [1.29, 1.82) is 0 Å². The summed E-state index contributed by atoms with van der Waals surface area (Å²) in [6.45, 7) is 3.89. The number of aliphatic imine (C=N–C) groups is 1. The van der Waals surface area contributed by atoms with Crippen LogP contribution in [0.3, 0.4) is 0 Å². The average Bonchev–Trinajstić information content (AvgIpc) is 2.20. The molecule has 0 amide bonds. The van der Waals surface area contributed by atoms with Crippen LogP contribution in [0.5, 0.6) is 0 Å². The summed E-state index contributed by atoms with van der Waals surface area (Å²) < 4.78 is 0. The third kappa shape index (κ3) is 5.71. The van der Waals surface area contributed by atoms with E-state index in [1.807, 2.05) is 0 Å². The minimum atomic E-state index is 0.113. The highest BCUT2D eigenvalue weighted by molar-refractivity contribution is 5.67. The Morgan fingerprint density at radius 3 is 2.40 bits per heavy atom. The number of hydroxylamine groups is 1. The second-order valence-electron chi connectivity index (χ2n) is 4.03. The summed E-state index contributed by atoms with van der Waals surface area (Å²) in [4.78, 5) is 6.39. The molecule has 1 heterocycles. The summed E-state index contributed by atoms with van der Waals surface area (Å²) in [5.74, 6) is 0.113. The molecule has 0 saturated carbocycles. The smallest absolute Gasteiger partial charge is 0.291 e. The van der Waals surface area contributed by atoms with Gasteiger partial charge in [0.25, 0.3) is 5.96 Å². The molecule has 0 atom stereocenters. The third-order valence-corrected chi connectivity index (χ3v) is 2.78. The molecule has 0 bridgehead atoms. The van der Waals surface area contributed by atoms with Crippen LogP contribution in [-0.4, -0.2) is 37.0 Å². The van der Waals surface area contributed by atoms with Crippen molar-refractivity contribution < 1.29 is 5.48 Å².